The molecule has 0 amide bonds. The van der Waals surface area contributed by atoms with Crippen molar-refractivity contribution in [3.8, 4) is 27.7 Å². The highest BCUT2D eigenvalue weighted by atomic mass is 32.1. The maximum Gasteiger partial charge on any atom is 0.209 e. The van der Waals surface area contributed by atoms with Crippen molar-refractivity contribution in [3.05, 3.63) is 29.2 Å². The van der Waals surface area contributed by atoms with E-state index < -0.39 is 0 Å². The van der Waals surface area contributed by atoms with Gasteiger partial charge in [-0.3, -0.25) is 4.98 Å². The minimum Gasteiger partial charge on any atom is -0.495 e. The monoisotopic (exact) mass is 302 g/mol. The molecular weight excluding hydrogens is 292 g/mol. The van der Waals surface area contributed by atoms with E-state index in [1.165, 1.54) is 11.3 Å². The summed E-state index contributed by atoms with van der Waals surface area (Å²) < 4.78 is 5.17. The van der Waals surface area contributed by atoms with Gasteiger partial charge in [0, 0.05) is 22.5 Å². The Bertz CT molecular complexity index is 750. The molecule has 0 N–H and O–H groups in total. The van der Waals surface area contributed by atoms with E-state index in [9.17, 15) is 0 Å². The van der Waals surface area contributed by atoms with E-state index in [4.69, 9.17) is 4.74 Å². The summed E-state index contributed by atoms with van der Waals surface area (Å²) in [7, 11) is 1.62. The van der Waals surface area contributed by atoms with Crippen molar-refractivity contribution in [1.82, 2.24) is 15.0 Å². The van der Waals surface area contributed by atoms with Gasteiger partial charge < -0.3 is 4.74 Å². The number of thiazole rings is 2. The zero-order valence-corrected chi connectivity index (χ0v) is 12.2. The fourth-order valence-corrected chi connectivity index (χ4v) is 3.04. The molecule has 3 aromatic heterocycles. The lowest BCUT2D eigenvalue weighted by atomic mass is 10.3. The predicted octanol–water partition coefficient (Wildman–Crippen LogP) is 3.67. The molecule has 100 valence electrons. The van der Waals surface area contributed by atoms with Crippen molar-refractivity contribution in [2.45, 2.75) is 0 Å². The van der Waals surface area contributed by atoms with E-state index in [0.717, 1.165) is 22.0 Å². The molecule has 0 fully saturated rings. The highest BCUT2D eigenvalue weighted by Crippen LogP contribution is 2.31. The summed E-state index contributed by atoms with van der Waals surface area (Å²) in [4.78, 5) is 16.9. The molecule has 20 heavy (non-hydrogen) atoms. The summed E-state index contributed by atoms with van der Waals surface area (Å²) >= 11 is 2.99. The van der Waals surface area contributed by atoms with Crippen LogP contribution in [0, 0.1) is 0 Å². The third-order valence-electron chi connectivity index (χ3n) is 2.59. The van der Waals surface area contributed by atoms with Gasteiger partial charge in [-0.15, -0.1) is 22.7 Å². The molecule has 0 saturated carbocycles. The van der Waals surface area contributed by atoms with E-state index in [0.29, 0.717) is 10.9 Å². The van der Waals surface area contributed by atoms with Crippen LogP contribution >= 0.6 is 22.7 Å². The van der Waals surface area contributed by atoms with Crippen molar-refractivity contribution in [2.24, 2.45) is 4.99 Å². The van der Waals surface area contributed by atoms with Crippen LogP contribution in [0.25, 0.3) is 22.0 Å². The molecule has 0 spiro atoms. The van der Waals surface area contributed by atoms with E-state index >= 15 is 0 Å². The highest BCUT2D eigenvalue weighted by molar-refractivity contribution is 7.14. The Hall–Kier alpha value is -2.12. The molecule has 0 saturated heterocycles. The zero-order chi connectivity index (χ0) is 13.9. The molecule has 0 aromatic carbocycles. The van der Waals surface area contributed by atoms with Gasteiger partial charge in [0.2, 0.25) is 5.13 Å². The van der Waals surface area contributed by atoms with Gasteiger partial charge >= 0.3 is 0 Å². The van der Waals surface area contributed by atoms with Crippen molar-refractivity contribution < 1.29 is 4.74 Å². The minimum atomic E-state index is 0.651. The fraction of sp³-hybridized carbons (Fsp3) is 0.0769. The van der Waals surface area contributed by atoms with Crippen molar-refractivity contribution in [3.63, 3.8) is 0 Å². The average Bonchev–Trinajstić information content (AvgIpc) is 3.15. The number of methoxy groups -OCH3 is 1. The molecule has 0 radical (unpaired) electrons. The van der Waals surface area contributed by atoms with Gasteiger partial charge in [0.25, 0.3) is 0 Å². The van der Waals surface area contributed by atoms with E-state index in [1.54, 1.807) is 30.8 Å². The van der Waals surface area contributed by atoms with Gasteiger partial charge in [-0.05, 0) is 12.8 Å². The molecule has 0 aliphatic carbocycles. The predicted molar refractivity (Wildman–Crippen MR) is 82.2 cm³/mol. The second-order valence-electron chi connectivity index (χ2n) is 3.82. The topological polar surface area (TPSA) is 60.3 Å². The maximum absolute atomic E-state index is 5.17. The number of hydrogen-bond acceptors (Lipinski definition) is 7. The number of pyridine rings is 1. The van der Waals surface area contributed by atoms with Crippen molar-refractivity contribution >= 4 is 34.5 Å². The SMILES string of the molecule is C=Nc1nc(-c2csc(-c3cncc(OC)c3)n2)cs1. The zero-order valence-electron chi connectivity index (χ0n) is 10.6. The average molecular weight is 302 g/mol. The summed E-state index contributed by atoms with van der Waals surface area (Å²) in [5.41, 5.74) is 2.58. The van der Waals surface area contributed by atoms with E-state index in [-0.39, 0.29) is 0 Å². The summed E-state index contributed by atoms with van der Waals surface area (Å²) in [5, 5.41) is 5.42. The van der Waals surface area contributed by atoms with Crippen LogP contribution in [-0.4, -0.2) is 28.8 Å². The first-order valence-corrected chi connectivity index (χ1v) is 7.43. The molecule has 0 aliphatic heterocycles. The van der Waals surface area contributed by atoms with Gasteiger partial charge in [0.05, 0.1) is 13.3 Å². The third kappa shape index (κ3) is 2.45. The quantitative estimate of drug-likeness (QED) is 0.690. The molecule has 0 aliphatic rings. The number of rotatable bonds is 4. The lowest BCUT2D eigenvalue weighted by Crippen LogP contribution is -1.86. The summed E-state index contributed by atoms with van der Waals surface area (Å²) in [6.07, 6.45) is 3.43. The molecule has 5 nitrogen and oxygen atoms in total. The van der Waals surface area contributed by atoms with Gasteiger partial charge in [-0.2, -0.15) is 0 Å². The lowest BCUT2D eigenvalue weighted by Gasteiger charge is -2.00. The molecular formula is C13H10N4OS2. The maximum atomic E-state index is 5.17. The van der Waals surface area contributed by atoms with Crippen LogP contribution in [0.3, 0.4) is 0 Å². The second kappa shape index (κ2) is 5.48. The second-order valence-corrected chi connectivity index (χ2v) is 5.52. The molecule has 3 heterocycles. The van der Waals surface area contributed by atoms with Crippen LogP contribution in [0.2, 0.25) is 0 Å². The first-order valence-electron chi connectivity index (χ1n) is 5.67. The summed E-state index contributed by atoms with van der Waals surface area (Å²) in [6, 6.07) is 1.91. The Morgan fingerprint density at radius 3 is 2.70 bits per heavy atom. The summed E-state index contributed by atoms with van der Waals surface area (Å²) in [6.45, 7) is 3.47. The smallest absolute Gasteiger partial charge is 0.209 e. The Labute approximate surface area is 123 Å². The first-order chi connectivity index (χ1) is 9.80. The van der Waals surface area contributed by atoms with Gasteiger partial charge in [-0.1, -0.05) is 0 Å². The first kappa shape index (κ1) is 12.9. The number of hydrogen-bond donors (Lipinski definition) is 0. The van der Waals surface area contributed by atoms with Crippen LogP contribution in [0.15, 0.2) is 34.2 Å². The fourth-order valence-electron chi connectivity index (χ4n) is 1.63. The Morgan fingerprint density at radius 1 is 1.15 bits per heavy atom. The van der Waals surface area contributed by atoms with E-state index in [1.807, 2.05) is 16.8 Å². The molecule has 3 aromatic rings. The van der Waals surface area contributed by atoms with Crippen molar-refractivity contribution in [2.75, 3.05) is 7.11 Å². The number of aliphatic imine (C=N–C) groups is 1. The number of aromatic nitrogens is 3. The van der Waals surface area contributed by atoms with Gasteiger partial charge in [0.15, 0.2) is 0 Å². The van der Waals surface area contributed by atoms with Crippen LogP contribution in [0.4, 0.5) is 5.13 Å². The molecule has 0 atom stereocenters. The summed E-state index contributed by atoms with van der Waals surface area (Å²) in [5.74, 6) is 0.714. The highest BCUT2D eigenvalue weighted by Gasteiger charge is 2.10. The molecule has 7 heteroatoms. The molecule has 0 unspecified atom stereocenters. The lowest BCUT2D eigenvalue weighted by molar-refractivity contribution is 0.413. The number of nitrogens with zero attached hydrogens (tertiary/aromatic N) is 4. The Balaban J connectivity index is 1.94. The largest absolute Gasteiger partial charge is 0.495 e. The van der Waals surface area contributed by atoms with Crippen LogP contribution < -0.4 is 4.74 Å². The Kier molecular flexibility index (Phi) is 3.53. The Morgan fingerprint density at radius 2 is 1.95 bits per heavy atom. The van der Waals surface area contributed by atoms with E-state index in [2.05, 4.69) is 26.7 Å². The number of ether oxygens (including phenoxy) is 1. The normalized spacial score (nSPS) is 10.4. The minimum absolute atomic E-state index is 0.651. The standard InChI is InChI=1S/C13H10N4OS2/c1-14-13-17-11(7-20-13)10-6-19-12(16-10)8-3-9(18-2)5-15-4-8/h3-7H,1H2,2H3. The molecule has 3 rings (SSSR count). The van der Waals surface area contributed by atoms with Crippen LogP contribution in [0.1, 0.15) is 0 Å². The van der Waals surface area contributed by atoms with Gasteiger partial charge in [0.1, 0.15) is 22.1 Å². The van der Waals surface area contributed by atoms with Crippen LogP contribution in [-0.2, 0) is 0 Å². The van der Waals surface area contributed by atoms with Gasteiger partial charge in [-0.25, -0.2) is 15.0 Å². The van der Waals surface area contributed by atoms with Crippen LogP contribution in [0.5, 0.6) is 5.75 Å². The molecule has 0 bridgehead atoms. The van der Waals surface area contributed by atoms with Crippen molar-refractivity contribution in [1.29, 1.82) is 0 Å². The third-order valence-corrected chi connectivity index (χ3v) is 4.25.